The van der Waals surface area contributed by atoms with Gasteiger partial charge in [-0.3, -0.25) is 4.79 Å². The van der Waals surface area contributed by atoms with E-state index in [9.17, 15) is 4.79 Å². The number of aromatic nitrogens is 2. The van der Waals surface area contributed by atoms with Gasteiger partial charge in [0.25, 0.3) is 0 Å². The number of carbonyl (C=O) groups is 1. The summed E-state index contributed by atoms with van der Waals surface area (Å²) < 4.78 is 0.730. The maximum atomic E-state index is 10.5. The van der Waals surface area contributed by atoms with Crippen molar-refractivity contribution in [3.8, 4) is 11.3 Å². The molecule has 0 radical (unpaired) electrons. The van der Waals surface area contributed by atoms with Crippen LogP contribution in [0.4, 0.5) is 0 Å². The van der Waals surface area contributed by atoms with Crippen molar-refractivity contribution in [2.45, 2.75) is 6.92 Å². The largest absolute Gasteiger partial charge is 0.330 e. The molecule has 0 bridgehead atoms. The SMILES string of the molecule is Cc1ccc(-c2nc(C=O)[nH]c2Br)cc1. The highest BCUT2D eigenvalue weighted by molar-refractivity contribution is 9.10. The standard InChI is InChI=1S/C11H9BrN2O/c1-7-2-4-8(5-3-7)10-11(12)14-9(6-15)13-10/h2-6H,1H3,(H,13,14). The summed E-state index contributed by atoms with van der Waals surface area (Å²) in [6, 6.07) is 7.98. The minimum atomic E-state index is 0.331. The summed E-state index contributed by atoms with van der Waals surface area (Å²) in [5.74, 6) is 0.331. The monoisotopic (exact) mass is 264 g/mol. The van der Waals surface area contributed by atoms with Gasteiger partial charge in [0.2, 0.25) is 0 Å². The zero-order valence-electron chi connectivity index (χ0n) is 8.12. The quantitative estimate of drug-likeness (QED) is 0.848. The van der Waals surface area contributed by atoms with Gasteiger partial charge in [-0.1, -0.05) is 29.8 Å². The van der Waals surface area contributed by atoms with Gasteiger partial charge in [-0.15, -0.1) is 0 Å². The van der Waals surface area contributed by atoms with Crippen LogP contribution >= 0.6 is 15.9 Å². The molecule has 0 spiro atoms. The Kier molecular flexibility index (Phi) is 2.68. The summed E-state index contributed by atoms with van der Waals surface area (Å²) in [6.07, 6.45) is 0.697. The van der Waals surface area contributed by atoms with Gasteiger partial charge in [0, 0.05) is 5.56 Å². The molecule has 0 aliphatic carbocycles. The van der Waals surface area contributed by atoms with Gasteiger partial charge >= 0.3 is 0 Å². The van der Waals surface area contributed by atoms with E-state index in [-0.39, 0.29) is 0 Å². The van der Waals surface area contributed by atoms with Gasteiger partial charge in [-0.05, 0) is 22.9 Å². The van der Waals surface area contributed by atoms with Gasteiger partial charge < -0.3 is 4.98 Å². The molecule has 1 aromatic heterocycles. The second-order valence-electron chi connectivity index (χ2n) is 3.27. The number of nitrogens with one attached hydrogen (secondary N) is 1. The number of aromatic amines is 1. The number of hydrogen-bond donors (Lipinski definition) is 1. The number of hydrogen-bond acceptors (Lipinski definition) is 2. The molecule has 0 saturated heterocycles. The van der Waals surface area contributed by atoms with E-state index in [1.165, 1.54) is 5.56 Å². The van der Waals surface area contributed by atoms with Crippen LogP contribution in [0, 0.1) is 6.92 Å². The second-order valence-corrected chi connectivity index (χ2v) is 4.06. The lowest BCUT2D eigenvalue weighted by Gasteiger charge is -1.97. The van der Waals surface area contributed by atoms with Gasteiger partial charge in [0.1, 0.15) is 10.3 Å². The van der Waals surface area contributed by atoms with Crippen molar-refractivity contribution in [3.63, 3.8) is 0 Å². The average molecular weight is 265 g/mol. The van der Waals surface area contributed by atoms with Gasteiger partial charge in [-0.25, -0.2) is 4.98 Å². The Morgan fingerprint density at radius 2 is 2.00 bits per heavy atom. The lowest BCUT2D eigenvalue weighted by Crippen LogP contribution is -1.82. The van der Waals surface area contributed by atoms with Crippen LogP contribution in [0.1, 0.15) is 16.2 Å². The third kappa shape index (κ3) is 1.99. The lowest BCUT2D eigenvalue weighted by molar-refractivity contribution is 0.111. The van der Waals surface area contributed by atoms with Gasteiger partial charge in [0.05, 0.1) is 0 Å². The molecule has 1 aromatic carbocycles. The van der Waals surface area contributed by atoms with Crippen molar-refractivity contribution in [1.29, 1.82) is 0 Å². The lowest BCUT2D eigenvalue weighted by atomic mass is 10.1. The van der Waals surface area contributed by atoms with Crippen LogP contribution in [0.15, 0.2) is 28.9 Å². The Hall–Kier alpha value is -1.42. The molecule has 0 atom stereocenters. The number of halogens is 1. The van der Waals surface area contributed by atoms with E-state index in [1.54, 1.807) is 0 Å². The van der Waals surface area contributed by atoms with Crippen molar-refractivity contribution in [3.05, 3.63) is 40.3 Å². The first kappa shape index (κ1) is 10.1. The zero-order valence-corrected chi connectivity index (χ0v) is 9.71. The number of carbonyl (C=O) groups excluding carboxylic acids is 1. The van der Waals surface area contributed by atoms with E-state index in [0.717, 1.165) is 15.9 Å². The minimum Gasteiger partial charge on any atom is -0.330 e. The molecular weight excluding hydrogens is 256 g/mol. The smallest absolute Gasteiger partial charge is 0.185 e. The highest BCUT2D eigenvalue weighted by Crippen LogP contribution is 2.25. The van der Waals surface area contributed by atoms with Crippen LogP contribution in [0.25, 0.3) is 11.3 Å². The summed E-state index contributed by atoms with van der Waals surface area (Å²) in [5.41, 5.74) is 2.94. The number of H-pyrrole nitrogens is 1. The number of aldehydes is 1. The first-order valence-corrected chi connectivity index (χ1v) is 5.27. The van der Waals surface area contributed by atoms with Crippen molar-refractivity contribution >= 4 is 22.2 Å². The number of nitrogens with zero attached hydrogens (tertiary/aromatic N) is 1. The molecule has 0 amide bonds. The van der Waals surface area contributed by atoms with Gasteiger partial charge in [0.15, 0.2) is 12.1 Å². The molecule has 1 heterocycles. The number of aryl methyl sites for hydroxylation is 1. The number of benzene rings is 1. The molecule has 2 rings (SSSR count). The van der Waals surface area contributed by atoms with Crippen molar-refractivity contribution < 1.29 is 4.79 Å². The summed E-state index contributed by atoms with van der Waals surface area (Å²) >= 11 is 3.34. The van der Waals surface area contributed by atoms with Crippen molar-refractivity contribution in [2.75, 3.05) is 0 Å². The molecule has 0 saturated carbocycles. The van der Waals surface area contributed by atoms with E-state index < -0.39 is 0 Å². The Bertz CT molecular complexity index is 488. The Morgan fingerprint density at radius 3 is 2.53 bits per heavy atom. The highest BCUT2D eigenvalue weighted by atomic mass is 79.9. The predicted molar refractivity (Wildman–Crippen MR) is 61.8 cm³/mol. The van der Waals surface area contributed by atoms with Crippen LogP contribution in [0.2, 0.25) is 0 Å². The van der Waals surface area contributed by atoms with E-state index in [4.69, 9.17) is 0 Å². The predicted octanol–water partition coefficient (Wildman–Crippen LogP) is 2.96. The maximum Gasteiger partial charge on any atom is 0.185 e. The van der Waals surface area contributed by atoms with Crippen LogP contribution in [0.3, 0.4) is 0 Å². The number of imidazole rings is 1. The second kappa shape index (κ2) is 3.98. The first-order valence-electron chi connectivity index (χ1n) is 4.48. The zero-order chi connectivity index (χ0) is 10.8. The maximum absolute atomic E-state index is 10.5. The van der Waals surface area contributed by atoms with Crippen LogP contribution < -0.4 is 0 Å². The van der Waals surface area contributed by atoms with E-state index in [2.05, 4.69) is 25.9 Å². The fourth-order valence-corrected chi connectivity index (χ4v) is 1.85. The molecule has 0 aliphatic heterocycles. The van der Waals surface area contributed by atoms with Crippen LogP contribution in [-0.2, 0) is 0 Å². The molecule has 2 aromatic rings. The summed E-state index contributed by atoms with van der Waals surface area (Å²) in [6.45, 7) is 2.03. The average Bonchev–Trinajstić information content (AvgIpc) is 2.61. The van der Waals surface area contributed by atoms with Crippen LogP contribution in [-0.4, -0.2) is 16.3 Å². The summed E-state index contributed by atoms with van der Waals surface area (Å²) in [7, 11) is 0. The molecule has 4 heteroatoms. The van der Waals surface area contributed by atoms with Crippen molar-refractivity contribution in [2.24, 2.45) is 0 Å². The normalized spacial score (nSPS) is 10.3. The van der Waals surface area contributed by atoms with E-state index >= 15 is 0 Å². The number of rotatable bonds is 2. The van der Waals surface area contributed by atoms with Crippen LogP contribution in [0.5, 0.6) is 0 Å². The molecule has 0 fully saturated rings. The molecule has 1 N–H and O–H groups in total. The van der Waals surface area contributed by atoms with Gasteiger partial charge in [-0.2, -0.15) is 0 Å². The Labute approximate surface area is 95.7 Å². The van der Waals surface area contributed by atoms with Crippen molar-refractivity contribution in [1.82, 2.24) is 9.97 Å². The molecule has 0 unspecified atom stereocenters. The summed E-state index contributed by atoms with van der Waals surface area (Å²) in [5, 5.41) is 0. The molecular formula is C11H9BrN2O. The first-order chi connectivity index (χ1) is 7.20. The third-order valence-electron chi connectivity index (χ3n) is 2.11. The highest BCUT2D eigenvalue weighted by Gasteiger charge is 2.08. The fourth-order valence-electron chi connectivity index (χ4n) is 1.33. The minimum absolute atomic E-state index is 0.331. The third-order valence-corrected chi connectivity index (χ3v) is 2.69. The molecule has 76 valence electrons. The topological polar surface area (TPSA) is 45.8 Å². The van der Waals surface area contributed by atoms with E-state index in [1.807, 2.05) is 31.2 Å². The molecule has 0 aliphatic rings. The van der Waals surface area contributed by atoms with E-state index in [0.29, 0.717) is 12.1 Å². The molecule has 15 heavy (non-hydrogen) atoms. The molecule has 3 nitrogen and oxygen atoms in total. The Balaban J connectivity index is 2.48. The Morgan fingerprint density at radius 1 is 1.33 bits per heavy atom. The summed E-state index contributed by atoms with van der Waals surface area (Å²) in [4.78, 5) is 17.5. The fraction of sp³-hybridized carbons (Fsp3) is 0.0909.